The Hall–Kier alpha value is -2.73. The predicted octanol–water partition coefficient (Wildman–Crippen LogP) is 4.07. The summed E-state index contributed by atoms with van der Waals surface area (Å²) in [6, 6.07) is 12.6. The number of rotatable bonds is 11. The standard InChI is InChI=1S/C22H30N2O4/c1-5-26-20-13-8-17(16-21(20)27-6-2)22(25)23-18-9-11-19(12-10-18)28-15-7-14-24(3)4/h8-13,16H,5-7,14-15H2,1-4H3,(H,23,25). The number of carbonyl (C=O) groups excluding carboxylic acids is 1. The van der Waals surface area contributed by atoms with Gasteiger partial charge in [0.15, 0.2) is 11.5 Å². The fourth-order valence-corrected chi connectivity index (χ4v) is 2.60. The Labute approximate surface area is 167 Å². The summed E-state index contributed by atoms with van der Waals surface area (Å²) in [6.07, 6.45) is 0.964. The van der Waals surface area contributed by atoms with Crippen LogP contribution in [0.2, 0.25) is 0 Å². The molecule has 0 atom stereocenters. The fraction of sp³-hybridized carbons (Fsp3) is 0.409. The largest absolute Gasteiger partial charge is 0.494 e. The van der Waals surface area contributed by atoms with Crippen molar-refractivity contribution in [2.24, 2.45) is 0 Å². The summed E-state index contributed by atoms with van der Waals surface area (Å²) in [5, 5.41) is 2.89. The van der Waals surface area contributed by atoms with Gasteiger partial charge in [-0.2, -0.15) is 0 Å². The van der Waals surface area contributed by atoms with E-state index in [9.17, 15) is 4.79 Å². The van der Waals surface area contributed by atoms with Crippen LogP contribution in [0.25, 0.3) is 0 Å². The molecule has 0 aliphatic carbocycles. The normalized spacial score (nSPS) is 10.6. The third-order valence-electron chi connectivity index (χ3n) is 3.94. The average Bonchev–Trinajstić information content (AvgIpc) is 2.68. The highest BCUT2D eigenvalue weighted by molar-refractivity contribution is 6.04. The Morgan fingerprint density at radius 2 is 1.61 bits per heavy atom. The minimum Gasteiger partial charge on any atom is -0.494 e. The van der Waals surface area contributed by atoms with Gasteiger partial charge < -0.3 is 24.4 Å². The van der Waals surface area contributed by atoms with Crippen LogP contribution in [-0.2, 0) is 0 Å². The Kier molecular flexibility index (Phi) is 8.62. The maximum atomic E-state index is 12.6. The molecule has 0 heterocycles. The van der Waals surface area contributed by atoms with Gasteiger partial charge in [-0.05, 0) is 76.8 Å². The summed E-state index contributed by atoms with van der Waals surface area (Å²) in [7, 11) is 4.08. The van der Waals surface area contributed by atoms with Gasteiger partial charge in [0.2, 0.25) is 0 Å². The van der Waals surface area contributed by atoms with Gasteiger partial charge in [-0.25, -0.2) is 0 Å². The first-order valence-corrected chi connectivity index (χ1v) is 9.62. The van der Waals surface area contributed by atoms with Crippen LogP contribution in [0, 0.1) is 0 Å². The first-order valence-electron chi connectivity index (χ1n) is 9.62. The maximum Gasteiger partial charge on any atom is 0.255 e. The van der Waals surface area contributed by atoms with Crippen LogP contribution in [0.1, 0.15) is 30.6 Å². The van der Waals surface area contributed by atoms with Crippen molar-refractivity contribution >= 4 is 11.6 Å². The molecule has 0 fully saturated rings. The molecule has 0 aliphatic rings. The van der Waals surface area contributed by atoms with E-state index < -0.39 is 0 Å². The van der Waals surface area contributed by atoms with E-state index in [1.165, 1.54) is 0 Å². The molecule has 6 nitrogen and oxygen atoms in total. The lowest BCUT2D eigenvalue weighted by Crippen LogP contribution is -2.15. The predicted molar refractivity (Wildman–Crippen MR) is 112 cm³/mol. The highest BCUT2D eigenvalue weighted by Gasteiger charge is 2.12. The highest BCUT2D eigenvalue weighted by atomic mass is 16.5. The Balaban J connectivity index is 1.95. The molecule has 2 rings (SSSR count). The van der Waals surface area contributed by atoms with Gasteiger partial charge >= 0.3 is 0 Å². The first-order chi connectivity index (χ1) is 13.5. The zero-order chi connectivity index (χ0) is 20.4. The zero-order valence-corrected chi connectivity index (χ0v) is 17.2. The van der Waals surface area contributed by atoms with Gasteiger partial charge in [0, 0.05) is 17.8 Å². The monoisotopic (exact) mass is 386 g/mol. The third-order valence-corrected chi connectivity index (χ3v) is 3.94. The molecule has 28 heavy (non-hydrogen) atoms. The quantitative estimate of drug-likeness (QED) is 0.590. The number of benzene rings is 2. The Morgan fingerprint density at radius 3 is 2.25 bits per heavy atom. The molecule has 0 aliphatic heterocycles. The number of amides is 1. The van der Waals surface area contributed by atoms with Crippen molar-refractivity contribution in [1.29, 1.82) is 0 Å². The number of anilines is 1. The van der Waals surface area contributed by atoms with E-state index in [4.69, 9.17) is 14.2 Å². The van der Waals surface area contributed by atoms with Crippen LogP contribution < -0.4 is 19.5 Å². The molecule has 0 saturated carbocycles. The van der Waals surface area contributed by atoms with E-state index >= 15 is 0 Å². The zero-order valence-electron chi connectivity index (χ0n) is 17.2. The van der Waals surface area contributed by atoms with Gasteiger partial charge in [0.05, 0.1) is 19.8 Å². The van der Waals surface area contributed by atoms with Gasteiger partial charge in [-0.1, -0.05) is 0 Å². The van der Waals surface area contributed by atoms with Crippen LogP contribution >= 0.6 is 0 Å². The van der Waals surface area contributed by atoms with Gasteiger partial charge in [0.25, 0.3) is 5.91 Å². The fourth-order valence-electron chi connectivity index (χ4n) is 2.60. The summed E-state index contributed by atoms with van der Waals surface area (Å²) in [5.74, 6) is 1.79. The molecule has 0 aromatic heterocycles. The molecule has 2 aromatic rings. The van der Waals surface area contributed by atoms with E-state index in [0.717, 1.165) is 18.7 Å². The van der Waals surface area contributed by atoms with Crippen LogP contribution in [-0.4, -0.2) is 51.3 Å². The number of hydrogen-bond donors (Lipinski definition) is 1. The van der Waals surface area contributed by atoms with Crippen LogP contribution in [0.15, 0.2) is 42.5 Å². The summed E-state index contributed by atoms with van der Waals surface area (Å²) >= 11 is 0. The van der Waals surface area contributed by atoms with Gasteiger partial charge in [0.1, 0.15) is 5.75 Å². The molecule has 6 heteroatoms. The minimum absolute atomic E-state index is 0.205. The van der Waals surface area contributed by atoms with Crippen molar-refractivity contribution in [2.45, 2.75) is 20.3 Å². The minimum atomic E-state index is -0.205. The summed E-state index contributed by atoms with van der Waals surface area (Å²) in [6.45, 7) is 6.49. The first kappa shape index (κ1) is 21.6. The molecule has 0 saturated heterocycles. The molecule has 0 radical (unpaired) electrons. The molecule has 2 aromatic carbocycles. The van der Waals surface area contributed by atoms with Crippen molar-refractivity contribution < 1.29 is 19.0 Å². The number of carbonyl (C=O) groups is 1. The molecular weight excluding hydrogens is 356 g/mol. The molecule has 1 amide bonds. The number of ether oxygens (including phenoxy) is 3. The summed E-state index contributed by atoms with van der Waals surface area (Å²) < 4.78 is 16.8. The lowest BCUT2D eigenvalue weighted by molar-refractivity contribution is 0.102. The highest BCUT2D eigenvalue weighted by Crippen LogP contribution is 2.29. The van der Waals surface area contributed by atoms with E-state index in [2.05, 4.69) is 10.2 Å². The molecular formula is C22H30N2O4. The van der Waals surface area contributed by atoms with E-state index in [1.807, 2.05) is 52.2 Å². The number of nitrogens with one attached hydrogen (secondary N) is 1. The summed E-state index contributed by atoms with van der Waals surface area (Å²) in [4.78, 5) is 14.7. The molecule has 1 N–H and O–H groups in total. The molecule has 152 valence electrons. The van der Waals surface area contributed by atoms with Crippen molar-refractivity contribution in [1.82, 2.24) is 4.90 Å². The van der Waals surface area contributed by atoms with Crippen LogP contribution in [0.3, 0.4) is 0 Å². The lowest BCUT2D eigenvalue weighted by Gasteiger charge is -2.13. The topological polar surface area (TPSA) is 60.0 Å². The maximum absolute atomic E-state index is 12.6. The van der Waals surface area contributed by atoms with Crippen molar-refractivity contribution in [3.63, 3.8) is 0 Å². The lowest BCUT2D eigenvalue weighted by atomic mass is 10.1. The van der Waals surface area contributed by atoms with E-state index in [1.54, 1.807) is 18.2 Å². The third kappa shape index (κ3) is 6.78. The smallest absolute Gasteiger partial charge is 0.255 e. The second-order valence-electron chi connectivity index (χ2n) is 6.51. The number of hydrogen-bond acceptors (Lipinski definition) is 5. The molecule has 0 bridgehead atoms. The van der Waals surface area contributed by atoms with Crippen molar-refractivity contribution in [3.8, 4) is 17.2 Å². The van der Waals surface area contributed by atoms with Crippen LogP contribution in [0.5, 0.6) is 17.2 Å². The van der Waals surface area contributed by atoms with Gasteiger partial charge in [-0.15, -0.1) is 0 Å². The molecule has 0 unspecified atom stereocenters. The van der Waals surface area contributed by atoms with E-state index in [0.29, 0.717) is 42.6 Å². The average molecular weight is 386 g/mol. The summed E-state index contributed by atoms with van der Waals surface area (Å²) in [5.41, 5.74) is 1.22. The molecule has 0 spiro atoms. The van der Waals surface area contributed by atoms with E-state index in [-0.39, 0.29) is 5.91 Å². The van der Waals surface area contributed by atoms with Crippen molar-refractivity contribution in [3.05, 3.63) is 48.0 Å². The second kappa shape index (κ2) is 11.2. The number of nitrogens with zero attached hydrogens (tertiary/aromatic N) is 1. The van der Waals surface area contributed by atoms with Gasteiger partial charge in [-0.3, -0.25) is 4.79 Å². The van der Waals surface area contributed by atoms with Crippen LogP contribution in [0.4, 0.5) is 5.69 Å². The Bertz CT molecular complexity index is 745. The SMILES string of the molecule is CCOc1ccc(C(=O)Nc2ccc(OCCCN(C)C)cc2)cc1OCC. The second-order valence-corrected chi connectivity index (χ2v) is 6.51. The van der Waals surface area contributed by atoms with Crippen molar-refractivity contribution in [2.75, 3.05) is 45.8 Å². The Morgan fingerprint density at radius 1 is 0.929 bits per heavy atom.